The maximum atomic E-state index is 13.2. The molecule has 5 rings (SSSR count). The first-order chi connectivity index (χ1) is 15.5. The molecule has 2 aliphatic rings. The molecule has 6 nitrogen and oxygen atoms in total. The van der Waals surface area contributed by atoms with Crippen LogP contribution in [0.5, 0.6) is 17.2 Å². The number of aryl methyl sites for hydroxylation is 1. The summed E-state index contributed by atoms with van der Waals surface area (Å²) in [5.41, 5.74) is 4.31. The highest BCUT2D eigenvalue weighted by atomic mass is 16.7. The van der Waals surface area contributed by atoms with Gasteiger partial charge in [0.05, 0.1) is 13.2 Å². The predicted molar refractivity (Wildman–Crippen MR) is 120 cm³/mol. The van der Waals surface area contributed by atoms with Gasteiger partial charge in [0.2, 0.25) is 6.79 Å². The molecule has 0 fully saturated rings. The van der Waals surface area contributed by atoms with Crippen LogP contribution in [0.3, 0.4) is 0 Å². The normalized spacial score (nSPS) is 17.2. The minimum absolute atomic E-state index is 0.192. The third kappa shape index (κ3) is 3.43. The van der Waals surface area contributed by atoms with Crippen molar-refractivity contribution in [1.82, 2.24) is 4.90 Å². The number of amides is 1. The zero-order chi connectivity index (χ0) is 22.2. The lowest BCUT2D eigenvalue weighted by Gasteiger charge is -2.27. The number of methoxy groups -OCH3 is 1. The summed E-state index contributed by atoms with van der Waals surface area (Å²) in [6.45, 7) is 2.53. The molecule has 0 radical (unpaired) electrons. The van der Waals surface area contributed by atoms with E-state index >= 15 is 0 Å². The van der Waals surface area contributed by atoms with Crippen molar-refractivity contribution in [3.8, 4) is 17.2 Å². The van der Waals surface area contributed by atoms with Crippen LogP contribution < -0.4 is 14.2 Å². The number of ether oxygens (including phenoxy) is 3. The van der Waals surface area contributed by atoms with Gasteiger partial charge in [0.1, 0.15) is 5.75 Å². The first-order valence-electron chi connectivity index (χ1n) is 10.4. The highest BCUT2D eigenvalue weighted by Crippen LogP contribution is 2.44. The molecule has 0 bridgehead atoms. The smallest absolute Gasteiger partial charge is 0.290 e. The number of hydrogen-bond donors (Lipinski definition) is 1. The van der Waals surface area contributed by atoms with E-state index < -0.39 is 11.9 Å². The van der Waals surface area contributed by atoms with Crippen molar-refractivity contribution < 1.29 is 24.1 Å². The summed E-state index contributed by atoms with van der Waals surface area (Å²) in [6, 6.07) is 20.6. The van der Waals surface area contributed by atoms with Crippen LogP contribution in [0.15, 0.2) is 72.5 Å². The molecule has 1 N–H and O–H groups in total. The molecule has 6 heteroatoms. The summed E-state index contributed by atoms with van der Waals surface area (Å²) >= 11 is 0. The predicted octanol–water partition coefficient (Wildman–Crippen LogP) is 4.79. The Morgan fingerprint density at radius 2 is 1.72 bits per heavy atom. The number of fused-ring (bicyclic) bond motifs is 1. The van der Waals surface area contributed by atoms with E-state index in [2.05, 4.69) is 0 Å². The van der Waals surface area contributed by atoms with E-state index in [9.17, 15) is 9.90 Å². The summed E-state index contributed by atoms with van der Waals surface area (Å²) in [6.07, 6.45) is 0. The lowest BCUT2D eigenvalue weighted by Crippen LogP contribution is -2.29. The molecule has 32 heavy (non-hydrogen) atoms. The monoisotopic (exact) mass is 429 g/mol. The van der Waals surface area contributed by atoms with Gasteiger partial charge in [-0.05, 0) is 47.9 Å². The Hall–Kier alpha value is -3.93. The number of hydrogen-bond acceptors (Lipinski definition) is 5. The molecular weight excluding hydrogens is 406 g/mol. The van der Waals surface area contributed by atoms with Crippen LogP contribution in [0.4, 0.5) is 0 Å². The van der Waals surface area contributed by atoms with Gasteiger partial charge < -0.3 is 24.2 Å². The molecule has 0 saturated heterocycles. The van der Waals surface area contributed by atoms with E-state index in [4.69, 9.17) is 14.2 Å². The van der Waals surface area contributed by atoms with Gasteiger partial charge in [-0.25, -0.2) is 0 Å². The standard InChI is InChI=1S/C26H23NO5/c1-16-3-6-19(7-4-16)24-23(18-8-10-20(30-2)11-9-18)25(28)26(29)27(24)14-17-5-12-21-22(13-17)32-15-31-21/h3-13,24,28H,14-15H2,1-2H3/t24-/m0/s1. The van der Waals surface area contributed by atoms with E-state index in [-0.39, 0.29) is 12.6 Å². The van der Waals surface area contributed by atoms with E-state index in [1.807, 2.05) is 73.7 Å². The molecule has 0 saturated carbocycles. The lowest BCUT2D eigenvalue weighted by molar-refractivity contribution is -0.130. The molecule has 162 valence electrons. The van der Waals surface area contributed by atoms with Crippen LogP contribution in [0.1, 0.15) is 28.3 Å². The van der Waals surface area contributed by atoms with Crippen LogP contribution in [0.2, 0.25) is 0 Å². The van der Waals surface area contributed by atoms with Crippen molar-refractivity contribution >= 4 is 11.5 Å². The number of nitrogens with zero attached hydrogens (tertiary/aromatic N) is 1. The van der Waals surface area contributed by atoms with Crippen molar-refractivity contribution in [2.75, 3.05) is 13.9 Å². The molecule has 2 aliphatic heterocycles. The van der Waals surface area contributed by atoms with Crippen LogP contribution in [0.25, 0.3) is 5.57 Å². The number of benzene rings is 3. The molecule has 0 aromatic heterocycles. The first kappa shape index (κ1) is 20.0. The van der Waals surface area contributed by atoms with Gasteiger partial charge in [-0.15, -0.1) is 0 Å². The second-order valence-electron chi connectivity index (χ2n) is 7.92. The van der Waals surface area contributed by atoms with E-state index in [0.29, 0.717) is 29.4 Å². The zero-order valence-electron chi connectivity index (χ0n) is 17.9. The molecule has 3 aromatic rings. The van der Waals surface area contributed by atoms with E-state index in [0.717, 1.165) is 22.3 Å². The van der Waals surface area contributed by atoms with Crippen molar-refractivity contribution in [2.45, 2.75) is 19.5 Å². The number of aliphatic hydroxyl groups is 1. The van der Waals surface area contributed by atoms with Crippen LogP contribution >= 0.6 is 0 Å². The van der Waals surface area contributed by atoms with Gasteiger partial charge in [-0.3, -0.25) is 4.79 Å². The fourth-order valence-electron chi connectivity index (χ4n) is 4.21. The fraction of sp³-hybridized carbons (Fsp3) is 0.192. The second-order valence-corrected chi connectivity index (χ2v) is 7.92. The van der Waals surface area contributed by atoms with Gasteiger partial charge in [0.15, 0.2) is 17.3 Å². The van der Waals surface area contributed by atoms with Crippen LogP contribution in [-0.2, 0) is 11.3 Å². The molecule has 1 amide bonds. The van der Waals surface area contributed by atoms with E-state index in [1.165, 1.54) is 0 Å². The lowest BCUT2D eigenvalue weighted by atomic mass is 9.93. The Morgan fingerprint density at radius 3 is 2.44 bits per heavy atom. The van der Waals surface area contributed by atoms with Crippen LogP contribution in [-0.4, -0.2) is 29.8 Å². The Kier molecular flexibility index (Phi) is 4.98. The highest BCUT2D eigenvalue weighted by Gasteiger charge is 2.41. The minimum atomic E-state index is -0.429. The Bertz CT molecular complexity index is 1200. The first-order valence-corrected chi connectivity index (χ1v) is 10.4. The maximum Gasteiger partial charge on any atom is 0.290 e. The molecule has 3 aromatic carbocycles. The number of carbonyl (C=O) groups excluding carboxylic acids is 1. The highest BCUT2D eigenvalue weighted by molar-refractivity contribution is 6.05. The number of carbonyl (C=O) groups is 1. The van der Waals surface area contributed by atoms with Crippen LogP contribution in [0, 0.1) is 6.92 Å². The summed E-state index contributed by atoms with van der Waals surface area (Å²) in [5, 5.41) is 10.9. The molecule has 0 spiro atoms. The molecule has 1 atom stereocenters. The maximum absolute atomic E-state index is 13.2. The minimum Gasteiger partial charge on any atom is -0.503 e. The van der Waals surface area contributed by atoms with Crippen molar-refractivity contribution in [3.05, 3.63) is 94.7 Å². The molecular formula is C26H23NO5. The van der Waals surface area contributed by atoms with E-state index in [1.54, 1.807) is 12.0 Å². The van der Waals surface area contributed by atoms with Gasteiger partial charge in [-0.2, -0.15) is 0 Å². The van der Waals surface area contributed by atoms with Gasteiger partial charge >= 0.3 is 0 Å². The third-order valence-electron chi connectivity index (χ3n) is 5.89. The Morgan fingerprint density at radius 1 is 1.00 bits per heavy atom. The summed E-state index contributed by atoms with van der Waals surface area (Å²) < 4.78 is 16.2. The number of aliphatic hydroxyl groups excluding tert-OH is 1. The summed E-state index contributed by atoms with van der Waals surface area (Å²) in [7, 11) is 1.60. The quantitative estimate of drug-likeness (QED) is 0.632. The van der Waals surface area contributed by atoms with Gasteiger partial charge in [0, 0.05) is 12.1 Å². The molecule has 0 unspecified atom stereocenters. The SMILES string of the molecule is COc1ccc(C2=C(O)C(=O)N(Cc3ccc4c(c3)OCO4)[C@H]2c2ccc(C)cc2)cc1. The molecule has 0 aliphatic carbocycles. The van der Waals surface area contributed by atoms with Gasteiger partial charge in [0.25, 0.3) is 5.91 Å². The summed E-state index contributed by atoms with van der Waals surface area (Å²) in [4.78, 5) is 14.9. The Balaban J connectivity index is 1.56. The van der Waals surface area contributed by atoms with Crippen molar-refractivity contribution in [3.63, 3.8) is 0 Å². The van der Waals surface area contributed by atoms with Gasteiger partial charge in [-0.1, -0.05) is 48.0 Å². The largest absolute Gasteiger partial charge is 0.503 e. The topological polar surface area (TPSA) is 68.2 Å². The van der Waals surface area contributed by atoms with Crippen molar-refractivity contribution in [2.24, 2.45) is 0 Å². The molecule has 2 heterocycles. The average Bonchev–Trinajstić information content (AvgIpc) is 3.38. The summed E-state index contributed by atoms with van der Waals surface area (Å²) in [5.74, 6) is 1.42. The Labute approximate surface area is 186 Å². The number of rotatable bonds is 5. The fourth-order valence-corrected chi connectivity index (χ4v) is 4.21. The second kappa shape index (κ2) is 7.96. The third-order valence-corrected chi connectivity index (χ3v) is 5.89. The van der Waals surface area contributed by atoms with Crippen molar-refractivity contribution in [1.29, 1.82) is 0 Å². The zero-order valence-corrected chi connectivity index (χ0v) is 17.9. The average molecular weight is 429 g/mol.